The molecule has 0 atom stereocenters. The summed E-state index contributed by atoms with van der Waals surface area (Å²) < 4.78 is 49.9. The van der Waals surface area contributed by atoms with Gasteiger partial charge in [0.05, 0.1) is 10.6 Å². The van der Waals surface area contributed by atoms with Crippen molar-refractivity contribution in [1.29, 1.82) is 0 Å². The Bertz CT molecular complexity index is 949. The molecule has 30 heavy (non-hydrogen) atoms. The van der Waals surface area contributed by atoms with Gasteiger partial charge in [0, 0.05) is 38.4 Å². The number of anilines is 1. The van der Waals surface area contributed by atoms with Crippen LogP contribution in [0.4, 0.5) is 18.9 Å². The Morgan fingerprint density at radius 1 is 1.03 bits per heavy atom. The van der Waals surface area contributed by atoms with Crippen LogP contribution in [0.15, 0.2) is 36.4 Å². The third-order valence-electron chi connectivity index (χ3n) is 5.03. The molecule has 0 saturated carbocycles. The molecule has 1 fully saturated rings. The Morgan fingerprint density at radius 2 is 1.77 bits per heavy atom. The summed E-state index contributed by atoms with van der Waals surface area (Å²) in [6.07, 6.45) is -4.52. The standard InChI is InChI=1S/C20H19ClF3N3O2S/c21-16-3-2-14(10-15(16)20(22,23)24)25-19(30)27-7-5-26(6-8-27)11-13-1-4-17-18(9-13)29-12-28-17/h1-4,9-10H,5-8,11-12H2,(H,25,30). The minimum absolute atomic E-state index is 0.250. The molecule has 2 aromatic rings. The Labute approximate surface area is 182 Å². The van der Waals surface area contributed by atoms with Crippen molar-refractivity contribution in [3.63, 3.8) is 0 Å². The summed E-state index contributed by atoms with van der Waals surface area (Å²) in [5, 5.41) is 2.95. The molecule has 0 radical (unpaired) electrons. The lowest BCUT2D eigenvalue weighted by Crippen LogP contribution is -2.49. The summed E-state index contributed by atoms with van der Waals surface area (Å²) in [5.41, 5.74) is 0.513. The van der Waals surface area contributed by atoms with Crippen molar-refractivity contribution in [2.45, 2.75) is 12.7 Å². The second kappa shape index (κ2) is 8.49. The van der Waals surface area contributed by atoms with E-state index in [-0.39, 0.29) is 17.5 Å². The van der Waals surface area contributed by atoms with Gasteiger partial charge in [0.25, 0.3) is 0 Å². The summed E-state index contributed by atoms with van der Waals surface area (Å²) >= 11 is 11.1. The van der Waals surface area contributed by atoms with Crippen LogP contribution in [0, 0.1) is 0 Å². The molecule has 1 saturated heterocycles. The van der Waals surface area contributed by atoms with Crippen molar-refractivity contribution in [3.05, 3.63) is 52.5 Å². The molecule has 2 aromatic carbocycles. The fourth-order valence-electron chi connectivity index (χ4n) is 3.43. The number of benzene rings is 2. The normalized spacial score (nSPS) is 16.6. The summed E-state index contributed by atoms with van der Waals surface area (Å²) in [7, 11) is 0. The number of alkyl halides is 3. The highest BCUT2D eigenvalue weighted by Crippen LogP contribution is 2.36. The van der Waals surface area contributed by atoms with Crippen LogP contribution in [0.25, 0.3) is 0 Å². The SMILES string of the molecule is FC(F)(F)c1cc(NC(=S)N2CCN(Cc3ccc4c(c3)OCO4)CC2)ccc1Cl. The van der Waals surface area contributed by atoms with Gasteiger partial charge in [-0.25, -0.2) is 0 Å². The van der Waals surface area contributed by atoms with Gasteiger partial charge < -0.3 is 19.7 Å². The Morgan fingerprint density at radius 3 is 2.50 bits per heavy atom. The van der Waals surface area contributed by atoms with Gasteiger partial charge in [0.1, 0.15) is 0 Å². The first-order valence-electron chi connectivity index (χ1n) is 9.33. The second-order valence-corrected chi connectivity index (χ2v) is 7.87. The topological polar surface area (TPSA) is 37.0 Å². The molecule has 2 heterocycles. The van der Waals surface area contributed by atoms with Gasteiger partial charge in [-0.15, -0.1) is 0 Å². The number of ether oxygens (including phenoxy) is 2. The van der Waals surface area contributed by atoms with Crippen LogP contribution in [-0.4, -0.2) is 47.9 Å². The first-order chi connectivity index (χ1) is 14.3. The first kappa shape index (κ1) is 21.0. The molecule has 10 heteroatoms. The molecule has 2 aliphatic rings. The number of hydrogen-bond acceptors (Lipinski definition) is 4. The number of nitrogens with zero attached hydrogens (tertiary/aromatic N) is 2. The average molecular weight is 458 g/mol. The quantitative estimate of drug-likeness (QED) is 0.679. The van der Waals surface area contributed by atoms with Crippen LogP contribution >= 0.6 is 23.8 Å². The molecule has 160 valence electrons. The predicted molar refractivity (Wildman–Crippen MR) is 112 cm³/mol. The van der Waals surface area contributed by atoms with Crippen LogP contribution in [-0.2, 0) is 12.7 Å². The number of halogens is 4. The van der Waals surface area contributed by atoms with Crippen LogP contribution in [0.1, 0.15) is 11.1 Å². The number of fused-ring (bicyclic) bond motifs is 1. The zero-order chi connectivity index (χ0) is 21.3. The van der Waals surface area contributed by atoms with E-state index in [1.165, 1.54) is 12.1 Å². The lowest BCUT2D eigenvalue weighted by Gasteiger charge is -2.36. The molecular formula is C20H19ClF3N3O2S. The second-order valence-electron chi connectivity index (χ2n) is 7.07. The molecule has 0 aliphatic carbocycles. The maximum atomic E-state index is 13.0. The Balaban J connectivity index is 1.31. The monoisotopic (exact) mass is 457 g/mol. The van der Waals surface area contributed by atoms with Gasteiger partial charge in [-0.3, -0.25) is 4.90 Å². The summed E-state index contributed by atoms with van der Waals surface area (Å²) in [6.45, 7) is 3.94. The van der Waals surface area contributed by atoms with E-state index in [4.69, 9.17) is 33.3 Å². The number of hydrogen-bond donors (Lipinski definition) is 1. The number of rotatable bonds is 3. The van der Waals surface area contributed by atoms with E-state index in [1.807, 2.05) is 23.1 Å². The van der Waals surface area contributed by atoms with Gasteiger partial charge in [-0.05, 0) is 48.1 Å². The van der Waals surface area contributed by atoms with E-state index in [0.717, 1.165) is 42.8 Å². The minimum Gasteiger partial charge on any atom is -0.454 e. The number of piperazine rings is 1. The highest BCUT2D eigenvalue weighted by Gasteiger charge is 2.33. The van der Waals surface area contributed by atoms with E-state index in [2.05, 4.69) is 10.2 Å². The number of thiocarbonyl (C=S) groups is 1. The maximum Gasteiger partial charge on any atom is 0.417 e. The van der Waals surface area contributed by atoms with Crippen molar-refractivity contribution < 1.29 is 22.6 Å². The molecule has 0 spiro atoms. The van der Waals surface area contributed by atoms with E-state index in [9.17, 15) is 13.2 Å². The highest BCUT2D eigenvalue weighted by molar-refractivity contribution is 7.80. The molecule has 2 aliphatic heterocycles. The van der Waals surface area contributed by atoms with Crippen molar-refractivity contribution in [1.82, 2.24) is 9.80 Å². The maximum absolute atomic E-state index is 13.0. The van der Waals surface area contributed by atoms with E-state index < -0.39 is 11.7 Å². The van der Waals surface area contributed by atoms with Gasteiger partial charge in [-0.2, -0.15) is 13.2 Å². The van der Waals surface area contributed by atoms with Gasteiger partial charge in [-0.1, -0.05) is 17.7 Å². The van der Waals surface area contributed by atoms with E-state index >= 15 is 0 Å². The Hall–Kier alpha value is -2.23. The third kappa shape index (κ3) is 4.74. The zero-order valence-electron chi connectivity index (χ0n) is 15.8. The molecular weight excluding hydrogens is 439 g/mol. The molecule has 0 aromatic heterocycles. The van der Waals surface area contributed by atoms with E-state index in [0.29, 0.717) is 18.2 Å². The van der Waals surface area contributed by atoms with E-state index in [1.54, 1.807) is 0 Å². The first-order valence-corrected chi connectivity index (χ1v) is 10.1. The van der Waals surface area contributed by atoms with Crippen molar-refractivity contribution >= 4 is 34.6 Å². The van der Waals surface area contributed by atoms with Crippen molar-refractivity contribution in [3.8, 4) is 11.5 Å². The van der Waals surface area contributed by atoms with Crippen LogP contribution in [0.3, 0.4) is 0 Å². The molecule has 1 N–H and O–H groups in total. The average Bonchev–Trinajstić information content (AvgIpc) is 3.17. The fourth-order valence-corrected chi connectivity index (χ4v) is 3.95. The van der Waals surface area contributed by atoms with Crippen LogP contribution in [0.5, 0.6) is 11.5 Å². The highest BCUT2D eigenvalue weighted by atomic mass is 35.5. The van der Waals surface area contributed by atoms with Gasteiger partial charge in [0.2, 0.25) is 6.79 Å². The van der Waals surface area contributed by atoms with Gasteiger partial charge >= 0.3 is 6.18 Å². The third-order valence-corrected chi connectivity index (χ3v) is 5.72. The summed E-state index contributed by atoms with van der Waals surface area (Å²) in [6, 6.07) is 9.60. The minimum atomic E-state index is -4.52. The predicted octanol–water partition coefficient (Wildman–Crippen LogP) is 4.60. The van der Waals surface area contributed by atoms with Crippen molar-refractivity contribution in [2.24, 2.45) is 0 Å². The molecule has 0 bridgehead atoms. The number of nitrogens with one attached hydrogen (secondary N) is 1. The zero-order valence-corrected chi connectivity index (χ0v) is 17.4. The largest absolute Gasteiger partial charge is 0.454 e. The van der Waals surface area contributed by atoms with Crippen LogP contribution < -0.4 is 14.8 Å². The Kier molecular flexibility index (Phi) is 5.95. The lowest BCUT2D eigenvalue weighted by atomic mass is 10.1. The fraction of sp³-hybridized carbons (Fsp3) is 0.350. The lowest BCUT2D eigenvalue weighted by molar-refractivity contribution is -0.137. The summed E-state index contributed by atoms with van der Waals surface area (Å²) in [5.74, 6) is 1.52. The summed E-state index contributed by atoms with van der Waals surface area (Å²) in [4.78, 5) is 4.24. The smallest absolute Gasteiger partial charge is 0.417 e. The molecule has 0 unspecified atom stereocenters. The molecule has 0 amide bonds. The molecule has 5 nitrogen and oxygen atoms in total. The van der Waals surface area contributed by atoms with Crippen molar-refractivity contribution in [2.75, 3.05) is 38.3 Å². The molecule has 4 rings (SSSR count). The van der Waals surface area contributed by atoms with Gasteiger partial charge in [0.15, 0.2) is 16.6 Å². The van der Waals surface area contributed by atoms with Crippen LogP contribution in [0.2, 0.25) is 5.02 Å².